The van der Waals surface area contributed by atoms with E-state index < -0.39 is 5.92 Å². The highest BCUT2D eigenvalue weighted by Gasteiger charge is 2.50. The standard InChI is InChI=1S/C20H29N3O3/c24-18-17(13-21-14-11-12-14)19(25)23(16-9-5-2-6-10-16)20(26)22(18)15-7-3-1-4-8-15/h13-17H,1-12H2. The number of carbonyl (C=O) groups excluding carboxylic acids is 3. The van der Waals surface area contributed by atoms with Crippen LogP contribution in [0.25, 0.3) is 0 Å². The fourth-order valence-corrected chi connectivity index (χ4v) is 4.62. The van der Waals surface area contributed by atoms with Gasteiger partial charge in [0.15, 0.2) is 5.92 Å². The summed E-state index contributed by atoms with van der Waals surface area (Å²) in [6, 6.07) is -0.214. The second-order valence-corrected chi connectivity index (χ2v) is 8.29. The summed E-state index contributed by atoms with van der Waals surface area (Å²) in [5, 5.41) is 0. The number of rotatable bonds is 4. The first-order chi connectivity index (χ1) is 12.7. The predicted octanol–water partition coefficient (Wildman–Crippen LogP) is 3.29. The molecule has 3 aliphatic carbocycles. The molecule has 1 aliphatic heterocycles. The van der Waals surface area contributed by atoms with Crippen molar-refractivity contribution in [2.45, 2.75) is 95.2 Å². The minimum atomic E-state index is -0.905. The van der Waals surface area contributed by atoms with Gasteiger partial charge in [0.2, 0.25) is 11.8 Å². The van der Waals surface area contributed by atoms with Crippen molar-refractivity contribution >= 4 is 24.1 Å². The molecule has 4 rings (SSSR count). The van der Waals surface area contributed by atoms with Crippen LogP contribution in [-0.4, -0.2) is 52.0 Å². The normalized spacial score (nSPS) is 27.8. The molecule has 1 saturated heterocycles. The van der Waals surface area contributed by atoms with Crippen molar-refractivity contribution < 1.29 is 14.4 Å². The second kappa shape index (κ2) is 7.49. The van der Waals surface area contributed by atoms with E-state index in [1.807, 2.05) is 0 Å². The van der Waals surface area contributed by atoms with Gasteiger partial charge in [0.1, 0.15) is 0 Å². The first-order valence-electron chi connectivity index (χ1n) is 10.4. The molecule has 3 saturated carbocycles. The molecule has 0 aromatic heterocycles. The Morgan fingerprint density at radius 1 is 0.692 bits per heavy atom. The number of imide groups is 2. The van der Waals surface area contributed by atoms with Gasteiger partial charge >= 0.3 is 6.03 Å². The minimum Gasteiger partial charge on any atom is -0.293 e. The SMILES string of the molecule is O=C1C(C=NC2CC2)C(=O)N(C2CCCCC2)C(=O)N1C1CCCCC1. The molecular weight excluding hydrogens is 330 g/mol. The van der Waals surface area contributed by atoms with E-state index in [2.05, 4.69) is 4.99 Å². The summed E-state index contributed by atoms with van der Waals surface area (Å²) < 4.78 is 0. The van der Waals surface area contributed by atoms with Crippen LogP contribution in [0.3, 0.4) is 0 Å². The van der Waals surface area contributed by atoms with Crippen LogP contribution in [0, 0.1) is 5.92 Å². The number of amides is 4. The largest absolute Gasteiger partial charge is 0.333 e. The lowest BCUT2D eigenvalue weighted by Gasteiger charge is -2.44. The number of nitrogens with zero attached hydrogens (tertiary/aromatic N) is 3. The number of carbonyl (C=O) groups is 3. The van der Waals surface area contributed by atoms with Gasteiger partial charge in [-0.2, -0.15) is 0 Å². The van der Waals surface area contributed by atoms with Crippen LogP contribution in [0.2, 0.25) is 0 Å². The highest BCUT2D eigenvalue weighted by atomic mass is 16.2. The van der Waals surface area contributed by atoms with E-state index >= 15 is 0 Å². The molecule has 0 aromatic rings. The molecule has 6 nitrogen and oxygen atoms in total. The van der Waals surface area contributed by atoms with Crippen molar-refractivity contribution in [1.29, 1.82) is 0 Å². The summed E-state index contributed by atoms with van der Waals surface area (Å²) in [6.07, 6.45) is 13.5. The second-order valence-electron chi connectivity index (χ2n) is 8.29. The Hall–Kier alpha value is -1.72. The Morgan fingerprint density at radius 2 is 1.15 bits per heavy atom. The molecule has 1 heterocycles. The molecule has 0 radical (unpaired) electrons. The zero-order chi connectivity index (χ0) is 18.1. The molecular formula is C20H29N3O3. The topological polar surface area (TPSA) is 70.0 Å². The van der Waals surface area contributed by atoms with Crippen molar-refractivity contribution in [2.75, 3.05) is 0 Å². The van der Waals surface area contributed by atoms with Crippen molar-refractivity contribution in [3.8, 4) is 0 Å². The Bertz CT molecular complexity index is 561. The highest BCUT2D eigenvalue weighted by Crippen LogP contribution is 2.32. The summed E-state index contributed by atoms with van der Waals surface area (Å²) in [4.78, 5) is 46.6. The molecule has 142 valence electrons. The molecule has 26 heavy (non-hydrogen) atoms. The Morgan fingerprint density at radius 3 is 1.58 bits per heavy atom. The molecule has 4 amide bonds. The summed E-state index contributed by atoms with van der Waals surface area (Å²) >= 11 is 0. The minimum absolute atomic E-state index is 0.0558. The van der Waals surface area contributed by atoms with Gasteiger partial charge in [-0.15, -0.1) is 0 Å². The van der Waals surface area contributed by atoms with Crippen LogP contribution in [0.5, 0.6) is 0 Å². The average Bonchev–Trinajstić information content (AvgIpc) is 3.48. The van der Waals surface area contributed by atoms with E-state index in [0.717, 1.165) is 77.0 Å². The van der Waals surface area contributed by atoms with Crippen LogP contribution in [0.1, 0.15) is 77.0 Å². The van der Waals surface area contributed by atoms with Gasteiger partial charge in [0.05, 0.1) is 0 Å². The molecule has 0 unspecified atom stereocenters. The lowest BCUT2D eigenvalue weighted by atomic mass is 9.90. The number of aliphatic imine (C=N–C) groups is 1. The first-order valence-corrected chi connectivity index (χ1v) is 10.4. The smallest absolute Gasteiger partial charge is 0.293 e. The van der Waals surface area contributed by atoms with Crippen molar-refractivity contribution in [3.05, 3.63) is 0 Å². The monoisotopic (exact) mass is 359 g/mol. The fraction of sp³-hybridized carbons (Fsp3) is 0.800. The first kappa shape index (κ1) is 17.7. The zero-order valence-corrected chi connectivity index (χ0v) is 15.4. The van der Waals surface area contributed by atoms with Gasteiger partial charge in [-0.1, -0.05) is 38.5 Å². The molecule has 0 N–H and O–H groups in total. The maximum Gasteiger partial charge on any atom is 0.333 e. The Kier molecular flexibility index (Phi) is 5.09. The van der Waals surface area contributed by atoms with Crippen molar-refractivity contribution in [2.24, 2.45) is 10.9 Å². The maximum atomic E-state index is 13.2. The fourth-order valence-electron chi connectivity index (χ4n) is 4.62. The third-order valence-electron chi connectivity index (χ3n) is 6.29. The third-order valence-corrected chi connectivity index (χ3v) is 6.29. The quantitative estimate of drug-likeness (QED) is 0.571. The van der Waals surface area contributed by atoms with Crippen LogP contribution < -0.4 is 0 Å². The molecule has 0 bridgehead atoms. The number of urea groups is 1. The van der Waals surface area contributed by atoms with Gasteiger partial charge in [0, 0.05) is 24.3 Å². The van der Waals surface area contributed by atoms with Gasteiger partial charge in [0.25, 0.3) is 0 Å². The maximum absolute atomic E-state index is 13.2. The van der Waals surface area contributed by atoms with Crippen LogP contribution in [-0.2, 0) is 9.59 Å². The number of barbiturate groups is 1. The van der Waals surface area contributed by atoms with Crippen molar-refractivity contribution in [3.63, 3.8) is 0 Å². The molecule has 6 heteroatoms. The van der Waals surface area contributed by atoms with Crippen LogP contribution >= 0.6 is 0 Å². The number of hydrogen-bond acceptors (Lipinski definition) is 4. The predicted molar refractivity (Wildman–Crippen MR) is 97.8 cm³/mol. The van der Waals surface area contributed by atoms with E-state index in [9.17, 15) is 14.4 Å². The lowest BCUT2D eigenvalue weighted by Crippen LogP contribution is -2.65. The zero-order valence-electron chi connectivity index (χ0n) is 15.4. The molecule has 0 spiro atoms. The van der Waals surface area contributed by atoms with E-state index in [1.165, 1.54) is 9.80 Å². The van der Waals surface area contributed by atoms with E-state index in [4.69, 9.17) is 0 Å². The molecule has 0 atom stereocenters. The summed E-state index contributed by atoms with van der Waals surface area (Å²) in [7, 11) is 0. The third kappa shape index (κ3) is 3.42. The Labute approximate surface area is 155 Å². The molecule has 4 aliphatic rings. The van der Waals surface area contributed by atoms with Crippen LogP contribution in [0.4, 0.5) is 4.79 Å². The highest BCUT2D eigenvalue weighted by molar-refractivity contribution is 6.23. The lowest BCUT2D eigenvalue weighted by molar-refractivity contribution is -0.149. The molecule has 0 aromatic carbocycles. The Balaban J connectivity index is 1.62. The van der Waals surface area contributed by atoms with Crippen LogP contribution in [0.15, 0.2) is 4.99 Å². The summed E-state index contributed by atoms with van der Waals surface area (Å²) in [6.45, 7) is 0. The molecule has 4 fully saturated rings. The van der Waals surface area contributed by atoms with E-state index in [0.29, 0.717) is 0 Å². The van der Waals surface area contributed by atoms with Gasteiger partial charge in [-0.25, -0.2) is 4.79 Å². The van der Waals surface area contributed by atoms with E-state index in [1.54, 1.807) is 6.21 Å². The summed E-state index contributed by atoms with van der Waals surface area (Å²) in [5.41, 5.74) is 0. The number of hydrogen-bond donors (Lipinski definition) is 0. The van der Waals surface area contributed by atoms with Gasteiger partial charge in [-0.05, 0) is 38.5 Å². The van der Waals surface area contributed by atoms with Gasteiger partial charge in [-0.3, -0.25) is 24.4 Å². The summed E-state index contributed by atoms with van der Waals surface area (Å²) in [5.74, 6) is -1.59. The average molecular weight is 359 g/mol. The van der Waals surface area contributed by atoms with Gasteiger partial charge < -0.3 is 0 Å². The van der Waals surface area contributed by atoms with E-state index in [-0.39, 0.29) is 36.0 Å². The van der Waals surface area contributed by atoms with Crippen molar-refractivity contribution in [1.82, 2.24) is 9.80 Å².